The van der Waals surface area contributed by atoms with Crippen molar-refractivity contribution in [2.45, 2.75) is 26.2 Å². The van der Waals surface area contributed by atoms with Crippen LogP contribution in [0.25, 0.3) is 33.3 Å². The summed E-state index contributed by atoms with van der Waals surface area (Å²) < 4.78 is 1.71. The first-order valence-corrected chi connectivity index (χ1v) is 10.3. The minimum absolute atomic E-state index is 0. The molecule has 172 valence electrons. The molecule has 35 heavy (non-hydrogen) atoms. The van der Waals surface area contributed by atoms with Crippen LogP contribution in [0.15, 0.2) is 42.7 Å². The summed E-state index contributed by atoms with van der Waals surface area (Å²) in [6.07, 6.45) is 4.45. The number of hydrogen-bond donors (Lipinski definition) is 0. The molecule has 0 radical (unpaired) electrons. The van der Waals surface area contributed by atoms with Crippen molar-refractivity contribution in [1.82, 2.24) is 39.5 Å². The van der Waals surface area contributed by atoms with E-state index in [-0.39, 0.29) is 38.4 Å². The summed E-state index contributed by atoms with van der Waals surface area (Å²) in [5, 5.41) is 9.19. The summed E-state index contributed by atoms with van der Waals surface area (Å²) >= 11 is 0. The quantitative estimate of drug-likeness (QED) is 0.274. The largest absolute Gasteiger partial charge is 2.00 e. The SMILES string of the molecule is [C-]#[N+]c1[n-]c(-c2cccc(C(C)(C)c3cccc(-n4[c-]nc5c(C)ncnc54)n3)n2)nc1C#N.[Pt+2]. The molecule has 0 bridgehead atoms. The molecule has 5 heterocycles. The molecule has 5 rings (SSSR count). The number of pyridine rings is 2. The van der Waals surface area contributed by atoms with Gasteiger partial charge in [0, 0.05) is 34.3 Å². The Kier molecular flexibility index (Phi) is 6.25. The molecule has 0 atom stereocenters. The average molecular weight is 640 g/mol. The van der Waals surface area contributed by atoms with Crippen molar-refractivity contribution < 1.29 is 21.1 Å². The minimum atomic E-state index is -0.583. The van der Waals surface area contributed by atoms with E-state index in [1.807, 2.05) is 57.2 Å². The topological polar surface area (TPSA) is 125 Å². The molecule has 10 nitrogen and oxygen atoms in total. The van der Waals surface area contributed by atoms with E-state index < -0.39 is 5.41 Å². The van der Waals surface area contributed by atoms with Crippen LogP contribution < -0.4 is 4.98 Å². The van der Waals surface area contributed by atoms with E-state index in [0.29, 0.717) is 22.7 Å². The molecule has 0 fully saturated rings. The zero-order valence-electron chi connectivity index (χ0n) is 18.8. The third-order valence-corrected chi connectivity index (χ3v) is 5.54. The van der Waals surface area contributed by atoms with Gasteiger partial charge in [0.2, 0.25) is 0 Å². The molecule has 0 aliphatic carbocycles. The summed E-state index contributed by atoms with van der Waals surface area (Å²) in [4.78, 5) is 34.0. The van der Waals surface area contributed by atoms with Crippen molar-refractivity contribution in [3.63, 3.8) is 0 Å². The van der Waals surface area contributed by atoms with Gasteiger partial charge in [0.05, 0.1) is 17.3 Å². The van der Waals surface area contributed by atoms with Crippen molar-refractivity contribution in [2.75, 3.05) is 0 Å². The number of nitriles is 1. The Morgan fingerprint density at radius 1 is 1.09 bits per heavy atom. The fourth-order valence-corrected chi connectivity index (χ4v) is 3.59. The number of fused-ring (bicyclic) bond motifs is 1. The van der Waals surface area contributed by atoms with Gasteiger partial charge in [0.25, 0.3) is 0 Å². The number of aromatic nitrogens is 8. The zero-order valence-corrected chi connectivity index (χ0v) is 21.1. The molecule has 0 N–H and O–H groups in total. The van der Waals surface area contributed by atoms with Crippen molar-refractivity contribution in [3.8, 4) is 23.4 Å². The van der Waals surface area contributed by atoms with Crippen LogP contribution in [0.3, 0.4) is 0 Å². The monoisotopic (exact) mass is 639 g/mol. The molecule has 0 amide bonds. The van der Waals surface area contributed by atoms with E-state index in [0.717, 1.165) is 17.1 Å². The summed E-state index contributed by atoms with van der Waals surface area (Å²) in [7, 11) is 0. The van der Waals surface area contributed by atoms with Gasteiger partial charge in [-0.2, -0.15) is 5.26 Å². The Balaban J connectivity index is 0.00000289. The van der Waals surface area contributed by atoms with Crippen molar-refractivity contribution in [2.24, 2.45) is 0 Å². The third-order valence-electron chi connectivity index (χ3n) is 5.54. The molecule has 0 aliphatic rings. The summed E-state index contributed by atoms with van der Waals surface area (Å²) in [5.41, 5.74) is 3.48. The Bertz CT molecular complexity index is 1600. The van der Waals surface area contributed by atoms with Gasteiger partial charge in [0.15, 0.2) is 5.82 Å². The number of hydrogen-bond acceptors (Lipinski definition) is 7. The number of nitrogens with zero attached hydrogens (tertiary/aromatic N) is 10. The van der Waals surface area contributed by atoms with Gasteiger partial charge in [-0.25, -0.2) is 16.5 Å². The fraction of sp³-hybridized carbons (Fsp3) is 0.167. The second-order valence-electron chi connectivity index (χ2n) is 8.04. The Morgan fingerprint density at radius 2 is 1.83 bits per heavy atom. The van der Waals surface area contributed by atoms with Gasteiger partial charge in [-0.05, 0) is 39.0 Å². The van der Waals surface area contributed by atoms with Gasteiger partial charge < -0.3 is 14.4 Å². The molecular weight excluding hydrogens is 623 g/mol. The van der Waals surface area contributed by atoms with Crippen LogP contribution in [-0.4, -0.2) is 34.5 Å². The molecule has 0 unspecified atom stereocenters. The number of aryl methyl sites for hydroxylation is 1. The van der Waals surface area contributed by atoms with E-state index in [9.17, 15) is 5.26 Å². The Labute approximate surface area is 215 Å². The van der Waals surface area contributed by atoms with Gasteiger partial charge in [-0.15, -0.1) is 0 Å². The van der Waals surface area contributed by atoms with Crippen molar-refractivity contribution >= 4 is 17.0 Å². The molecule has 11 heteroatoms. The summed E-state index contributed by atoms with van der Waals surface area (Å²) in [6.45, 7) is 13.1. The van der Waals surface area contributed by atoms with Crippen LogP contribution in [-0.2, 0) is 26.5 Å². The minimum Gasteiger partial charge on any atom is -0.548 e. The second-order valence-corrected chi connectivity index (χ2v) is 8.04. The maximum absolute atomic E-state index is 9.19. The van der Waals surface area contributed by atoms with E-state index in [1.165, 1.54) is 6.33 Å². The molecule has 5 aromatic heterocycles. The van der Waals surface area contributed by atoms with Gasteiger partial charge in [-0.1, -0.05) is 18.2 Å². The predicted octanol–water partition coefficient (Wildman–Crippen LogP) is 3.48. The summed E-state index contributed by atoms with van der Waals surface area (Å²) in [5.74, 6) is 0.847. The van der Waals surface area contributed by atoms with Crippen molar-refractivity contribution in [3.05, 3.63) is 83.2 Å². The Hall–Kier alpha value is -4.27. The van der Waals surface area contributed by atoms with Gasteiger partial charge in [-0.3, -0.25) is 19.9 Å². The molecule has 5 aromatic rings. The molecule has 0 saturated heterocycles. The van der Waals surface area contributed by atoms with Gasteiger partial charge in [0.1, 0.15) is 23.8 Å². The van der Waals surface area contributed by atoms with Crippen LogP contribution in [0.1, 0.15) is 36.6 Å². The van der Waals surface area contributed by atoms with E-state index in [4.69, 9.17) is 16.5 Å². The smallest absolute Gasteiger partial charge is 0.548 e. The Morgan fingerprint density at radius 3 is 2.54 bits per heavy atom. The summed E-state index contributed by atoms with van der Waals surface area (Å²) in [6, 6.07) is 13.1. The first-order valence-electron chi connectivity index (χ1n) is 10.3. The predicted molar refractivity (Wildman–Crippen MR) is 122 cm³/mol. The molecule has 0 aromatic carbocycles. The molecule has 0 saturated carbocycles. The van der Waals surface area contributed by atoms with Gasteiger partial charge >= 0.3 is 21.1 Å². The van der Waals surface area contributed by atoms with Crippen LogP contribution in [0.5, 0.6) is 0 Å². The fourth-order valence-electron chi connectivity index (χ4n) is 3.59. The van der Waals surface area contributed by atoms with E-state index in [2.05, 4.69) is 36.1 Å². The molecule has 0 aliphatic heterocycles. The molecule has 0 spiro atoms. The maximum atomic E-state index is 9.19. The first-order chi connectivity index (χ1) is 16.4. The third kappa shape index (κ3) is 4.09. The standard InChI is InChI=1S/C24H16N10.Pt/c1-14-20-23(28-12-27-14)34(13-29-20)19-10-6-9-18(32-19)24(2,3)17-8-5-7-15(30-17)22-31-16(11-25)21(26-4)33-22;/h5-10,12H,1-3H3;/q-2;+2. The van der Waals surface area contributed by atoms with Crippen molar-refractivity contribution in [1.29, 1.82) is 5.26 Å². The normalized spacial score (nSPS) is 11.0. The number of imidazole rings is 2. The van der Waals surface area contributed by atoms with Crippen LogP contribution in [0.2, 0.25) is 0 Å². The second kappa shape index (κ2) is 9.17. The zero-order chi connectivity index (χ0) is 23.9. The van der Waals surface area contributed by atoms with E-state index in [1.54, 1.807) is 10.6 Å². The maximum Gasteiger partial charge on any atom is 2.00 e. The average Bonchev–Trinajstić information content (AvgIpc) is 3.49. The van der Waals surface area contributed by atoms with Crippen LogP contribution in [0.4, 0.5) is 5.82 Å². The van der Waals surface area contributed by atoms with Crippen LogP contribution >= 0.6 is 0 Å². The first kappa shape index (κ1) is 23.9. The number of rotatable bonds is 4. The van der Waals surface area contributed by atoms with Crippen LogP contribution in [0, 0.1) is 31.2 Å². The van der Waals surface area contributed by atoms with E-state index >= 15 is 0 Å². The molecular formula is C24H16N10Pt.